The predicted octanol–water partition coefficient (Wildman–Crippen LogP) is 4.94. The highest BCUT2D eigenvalue weighted by atomic mass is 35.5. The second kappa shape index (κ2) is 11.2. The van der Waals surface area contributed by atoms with Crippen LogP contribution in [0.2, 0.25) is 5.02 Å². The number of thioether (sulfide) groups is 2. The average Bonchev–Trinajstić information content (AvgIpc) is 3.21. The van der Waals surface area contributed by atoms with Crippen LogP contribution < -0.4 is 5.43 Å². The number of nitrogens with one attached hydrogen (secondary N) is 1. The molecule has 1 heterocycles. The monoisotopic (exact) mass is 493 g/mol. The molecule has 8 nitrogen and oxygen atoms in total. The van der Waals surface area contributed by atoms with Gasteiger partial charge in [0.2, 0.25) is 0 Å². The Kier molecular flexibility index (Phi) is 8.41. The van der Waals surface area contributed by atoms with Crippen LogP contribution in [0.3, 0.4) is 0 Å². The average molecular weight is 494 g/mol. The maximum absolute atomic E-state index is 12.0. The molecule has 0 unspecified atom stereocenters. The second-order valence-corrected chi connectivity index (χ2v) is 9.99. The number of rotatable bonds is 9. The van der Waals surface area contributed by atoms with Gasteiger partial charge in [0.1, 0.15) is 5.02 Å². The molecule has 0 aliphatic carbocycles. The lowest BCUT2D eigenvalue weighted by atomic mass is 10.2. The van der Waals surface area contributed by atoms with E-state index >= 15 is 0 Å². The molecule has 0 radical (unpaired) electrons. The zero-order valence-electron chi connectivity index (χ0n) is 16.1. The molecule has 0 spiro atoms. The van der Waals surface area contributed by atoms with Crippen LogP contribution in [-0.2, 0) is 10.5 Å². The summed E-state index contributed by atoms with van der Waals surface area (Å²) in [6, 6.07) is 12.6. The number of hydrogen-bond donors (Lipinski definition) is 1. The zero-order valence-corrected chi connectivity index (χ0v) is 19.4. The Morgan fingerprint density at radius 3 is 2.65 bits per heavy atom. The quantitative estimate of drug-likeness (QED) is 0.194. The number of nitro groups is 1. The van der Waals surface area contributed by atoms with Crippen LogP contribution in [0.1, 0.15) is 16.7 Å². The lowest BCUT2D eigenvalue weighted by Gasteiger charge is -1.99. The lowest BCUT2D eigenvalue weighted by Crippen LogP contribution is -2.19. The minimum Gasteiger partial charge on any atom is -0.272 e. The third-order valence-corrected chi connectivity index (χ3v) is 7.35. The maximum atomic E-state index is 12.0. The summed E-state index contributed by atoms with van der Waals surface area (Å²) in [6.45, 7) is 2.05. The molecule has 12 heteroatoms. The van der Waals surface area contributed by atoms with Gasteiger partial charge in [-0.05, 0) is 18.6 Å². The van der Waals surface area contributed by atoms with Crippen LogP contribution in [0.25, 0.3) is 0 Å². The number of aromatic nitrogens is 2. The Morgan fingerprint density at radius 2 is 1.94 bits per heavy atom. The van der Waals surface area contributed by atoms with Gasteiger partial charge in [0.05, 0.1) is 16.9 Å². The van der Waals surface area contributed by atoms with E-state index in [1.165, 1.54) is 52.6 Å². The van der Waals surface area contributed by atoms with Crippen molar-refractivity contribution >= 4 is 64.3 Å². The molecule has 3 rings (SSSR count). The summed E-state index contributed by atoms with van der Waals surface area (Å²) in [5.41, 5.74) is 5.04. The molecule has 3 aromatic rings. The fraction of sp³-hybridized carbons (Fsp3) is 0.158. The SMILES string of the molecule is Cc1ccc(CSc2nnc(SCC(=O)N/N=C/c3ccc(Cl)c([N+](=O)[O-])c3)s2)cc1. The number of carbonyl (C=O) groups excluding carboxylic acids is 1. The van der Waals surface area contributed by atoms with Crippen molar-refractivity contribution in [1.29, 1.82) is 0 Å². The van der Waals surface area contributed by atoms with E-state index in [0.717, 1.165) is 10.1 Å². The van der Waals surface area contributed by atoms with Crippen molar-refractivity contribution in [2.24, 2.45) is 5.10 Å². The molecule has 0 saturated heterocycles. The Balaban J connectivity index is 1.43. The first-order chi connectivity index (χ1) is 14.9. The molecule has 0 bridgehead atoms. The van der Waals surface area contributed by atoms with Gasteiger partial charge in [-0.25, -0.2) is 5.43 Å². The van der Waals surface area contributed by atoms with Crippen LogP contribution >= 0.6 is 46.5 Å². The third-order valence-electron chi connectivity index (χ3n) is 3.77. The minimum atomic E-state index is -0.579. The van der Waals surface area contributed by atoms with Crippen molar-refractivity contribution in [2.45, 2.75) is 21.4 Å². The third kappa shape index (κ3) is 7.31. The van der Waals surface area contributed by atoms with Gasteiger partial charge in [-0.1, -0.05) is 82.4 Å². The molecule has 0 atom stereocenters. The van der Waals surface area contributed by atoms with Crippen LogP contribution in [-0.4, -0.2) is 33.0 Å². The van der Waals surface area contributed by atoms with Crippen molar-refractivity contribution in [2.75, 3.05) is 5.75 Å². The molecular weight excluding hydrogens is 478 g/mol. The van der Waals surface area contributed by atoms with Crippen LogP contribution in [0.15, 0.2) is 56.2 Å². The van der Waals surface area contributed by atoms with Gasteiger partial charge in [-0.2, -0.15) is 5.10 Å². The molecule has 0 aliphatic heterocycles. The van der Waals surface area contributed by atoms with Gasteiger partial charge in [0.15, 0.2) is 8.68 Å². The molecule has 1 N–H and O–H groups in total. The number of carbonyl (C=O) groups is 1. The minimum absolute atomic E-state index is 0.0380. The Labute approximate surface area is 195 Å². The normalized spacial score (nSPS) is 11.0. The van der Waals surface area contributed by atoms with Gasteiger partial charge in [-0.15, -0.1) is 10.2 Å². The first-order valence-corrected chi connectivity index (χ1v) is 12.0. The van der Waals surface area contributed by atoms with Crippen molar-refractivity contribution in [3.05, 3.63) is 74.3 Å². The number of amides is 1. The highest BCUT2D eigenvalue weighted by Crippen LogP contribution is 2.30. The van der Waals surface area contributed by atoms with Gasteiger partial charge in [0, 0.05) is 17.4 Å². The first-order valence-electron chi connectivity index (χ1n) is 8.81. The summed E-state index contributed by atoms with van der Waals surface area (Å²) in [5.74, 6) is 0.598. The smallest absolute Gasteiger partial charge is 0.272 e. The zero-order chi connectivity index (χ0) is 22.2. The molecule has 2 aromatic carbocycles. The largest absolute Gasteiger partial charge is 0.288 e. The molecule has 1 aromatic heterocycles. The lowest BCUT2D eigenvalue weighted by molar-refractivity contribution is -0.384. The number of halogens is 1. The van der Waals surface area contributed by atoms with E-state index in [1.807, 2.05) is 0 Å². The molecule has 31 heavy (non-hydrogen) atoms. The van der Waals surface area contributed by atoms with Gasteiger partial charge in [0.25, 0.3) is 11.6 Å². The standard InChI is InChI=1S/C19H16ClN5O3S3/c1-12-2-4-13(5-3-12)10-29-18-23-24-19(31-18)30-11-17(26)22-21-9-14-6-7-15(20)16(8-14)25(27)28/h2-9H,10-11H2,1H3,(H,22,26)/b21-9+. The van der Waals surface area contributed by atoms with Crippen molar-refractivity contribution in [3.8, 4) is 0 Å². The molecular formula is C19H16ClN5O3S3. The number of hydrazone groups is 1. The van der Waals surface area contributed by atoms with Crippen LogP contribution in [0.4, 0.5) is 5.69 Å². The van der Waals surface area contributed by atoms with E-state index in [4.69, 9.17) is 11.6 Å². The highest BCUT2D eigenvalue weighted by molar-refractivity contribution is 8.03. The second-order valence-electron chi connectivity index (χ2n) is 6.16. The van der Waals surface area contributed by atoms with E-state index in [1.54, 1.807) is 17.8 Å². The molecule has 0 aliphatic rings. The van der Waals surface area contributed by atoms with Crippen molar-refractivity contribution < 1.29 is 9.72 Å². The molecule has 0 fully saturated rings. The topological polar surface area (TPSA) is 110 Å². The van der Waals surface area contributed by atoms with E-state index in [9.17, 15) is 14.9 Å². The van der Waals surface area contributed by atoms with Gasteiger partial charge in [-0.3, -0.25) is 14.9 Å². The molecule has 1 amide bonds. The Hall–Kier alpha value is -2.47. The summed E-state index contributed by atoms with van der Waals surface area (Å²) in [5, 5.41) is 23.0. The summed E-state index contributed by atoms with van der Waals surface area (Å²) < 4.78 is 1.53. The number of aryl methyl sites for hydroxylation is 1. The van der Waals surface area contributed by atoms with Crippen LogP contribution in [0.5, 0.6) is 0 Å². The fourth-order valence-electron chi connectivity index (χ4n) is 2.23. The summed E-state index contributed by atoms with van der Waals surface area (Å²) in [6.07, 6.45) is 1.32. The van der Waals surface area contributed by atoms with E-state index in [0.29, 0.717) is 9.90 Å². The summed E-state index contributed by atoms with van der Waals surface area (Å²) >= 11 is 10.1. The predicted molar refractivity (Wildman–Crippen MR) is 125 cm³/mol. The van der Waals surface area contributed by atoms with Gasteiger partial charge < -0.3 is 0 Å². The first kappa shape index (κ1) is 23.2. The number of nitro benzene ring substituents is 1. The van der Waals surface area contributed by atoms with E-state index < -0.39 is 4.92 Å². The summed E-state index contributed by atoms with van der Waals surface area (Å²) in [7, 11) is 0. The number of nitrogens with zero attached hydrogens (tertiary/aromatic N) is 4. The van der Waals surface area contributed by atoms with Crippen LogP contribution in [0, 0.1) is 17.0 Å². The van der Waals surface area contributed by atoms with Crippen molar-refractivity contribution in [1.82, 2.24) is 15.6 Å². The number of benzene rings is 2. The van der Waals surface area contributed by atoms with E-state index in [2.05, 4.69) is 51.9 Å². The maximum Gasteiger partial charge on any atom is 0.288 e. The fourth-order valence-corrected chi connectivity index (χ4v) is 5.19. The Bertz CT molecular complexity index is 1110. The van der Waals surface area contributed by atoms with Gasteiger partial charge >= 0.3 is 0 Å². The Morgan fingerprint density at radius 1 is 1.23 bits per heavy atom. The molecule has 160 valence electrons. The van der Waals surface area contributed by atoms with Crippen molar-refractivity contribution in [3.63, 3.8) is 0 Å². The molecule has 0 saturated carbocycles. The number of hydrogen-bond acceptors (Lipinski definition) is 9. The summed E-state index contributed by atoms with van der Waals surface area (Å²) in [4.78, 5) is 22.3. The highest BCUT2D eigenvalue weighted by Gasteiger charge is 2.12. The van der Waals surface area contributed by atoms with E-state index in [-0.39, 0.29) is 22.4 Å².